The van der Waals surface area contributed by atoms with E-state index in [9.17, 15) is 0 Å². The SMILES string of the molecule is CCc1nc2cc(CN)ccc2n1C(C)CC. The molecule has 0 bridgehead atoms. The van der Waals surface area contributed by atoms with Crippen molar-refractivity contribution in [2.75, 3.05) is 0 Å². The number of benzene rings is 1. The van der Waals surface area contributed by atoms with Crippen LogP contribution in [0.2, 0.25) is 0 Å². The monoisotopic (exact) mass is 231 g/mol. The molecule has 1 aromatic heterocycles. The fourth-order valence-electron chi connectivity index (χ4n) is 2.24. The van der Waals surface area contributed by atoms with Gasteiger partial charge in [0.25, 0.3) is 0 Å². The predicted molar refractivity (Wildman–Crippen MR) is 72.0 cm³/mol. The van der Waals surface area contributed by atoms with Gasteiger partial charge in [-0.15, -0.1) is 0 Å². The quantitative estimate of drug-likeness (QED) is 0.879. The first-order valence-electron chi connectivity index (χ1n) is 6.41. The summed E-state index contributed by atoms with van der Waals surface area (Å²) in [6.07, 6.45) is 2.09. The summed E-state index contributed by atoms with van der Waals surface area (Å²) < 4.78 is 2.36. The Balaban J connectivity index is 2.63. The summed E-state index contributed by atoms with van der Waals surface area (Å²) in [6, 6.07) is 6.85. The van der Waals surface area contributed by atoms with Gasteiger partial charge in [-0.25, -0.2) is 4.98 Å². The number of aryl methyl sites for hydroxylation is 1. The van der Waals surface area contributed by atoms with Gasteiger partial charge >= 0.3 is 0 Å². The van der Waals surface area contributed by atoms with E-state index in [1.165, 1.54) is 11.3 Å². The lowest BCUT2D eigenvalue weighted by Gasteiger charge is -2.15. The molecule has 1 heterocycles. The highest BCUT2D eigenvalue weighted by Crippen LogP contribution is 2.24. The zero-order valence-corrected chi connectivity index (χ0v) is 10.9. The molecule has 0 spiro atoms. The van der Waals surface area contributed by atoms with Crippen LogP contribution in [0.25, 0.3) is 11.0 Å². The van der Waals surface area contributed by atoms with Crippen LogP contribution in [0, 0.1) is 0 Å². The van der Waals surface area contributed by atoms with Crippen molar-refractivity contribution in [1.82, 2.24) is 9.55 Å². The van der Waals surface area contributed by atoms with Gasteiger partial charge in [0, 0.05) is 19.0 Å². The second-order valence-corrected chi connectivity index (χ2v) is 4.54. The molecule has 2 N–H and O–H groups in total. The van der Waals surface area contributed by atoms with Gasteiger partial charge in [-0.05, 0) is 31.0 Å². The number of hydrogen-bond donors (Lipinski definition) is 1. The second kappa shape index (κ2) is 4.88. The van der Waals surface area contributed by atoms with Crippen LogP contribution in [0.5, 0.6) is 0 Å². The molecule has 0 saturated carbocycles. The average Bonchev–Trinajstić information content (AvgIpc) is 2.74. The third-order valence-electron chi connectivity index (χ3n) is 3.41. The van der Waals surface area contributed by atoms with E-state index in [-0.39, 0.29) is 0 Å². The van der Waals surface area contributed by atoms with Gasteiger partial charge in [-0.2, -0.15) is 0 Å². The van der Waals surface area contributed by atoms with Crippen LogP contribution in [0.3, 0.4) is 0 Å². The van der Waals surface area contributed by atoms with Crippen molar-refractivity contribution < 1.29 is 0 Å². The zero-order chi connectivity index (χ0) is 12.4. The summed E-state index contributed by atoms with van der Waals surface area (Å²) >= 11 is 0. The fourth-order valence-corrected chi connectivity index (χ4v) is 2.24. The van der Waals surface area contributed by atoms with Crippen molar-refractivity contribution in [1.29, 1.82) is 0 Å². The van der Waals surface area contributed by atoms with Crippen LogP contribution < -0.4 is 5.73 Å². The van der Waals surface area contributed by atoms with Crippen LogP contribution in [-0.2, 0) is 13.0 Å². The summed E-state index contributed by atoms with van der Waals surface area (Å²) in [5, 5.41) is 0. The maximum atomic E-state index is 5.67. The topological polar surface area (TPSA) is 43.8 Å². The van der Waals surface area contributed by atoms with Crippen LogP contribution in [0.4, 0.5) is 0 Å². The molecule has 0 aliphatic heterocycles. The Morgan fingerprint density at radius 2 is 2.12 bits per heavy atom. The molecule has 0 aliphatic rings. The Labute approximate surface area is 103 Å². The van der Waals surface area contributed by atoms with Crippen LogP contribution in [0.15, 0.2) is 18.2 Å². The van der Waals surface area contributed by atoms with Crippen molar-refractivity contribution in [2.45, 2.75) is 46.2 Å². The van der Waals surface area contributed by atoms with Gasteiger partial charge in [0.2, 0.25) is 0 Å². The van der Waals surface area contributed by atoms with Crippen molar-refractivity contribution in [3.63, 3.8) is 0 Å². The number of aromatic nitrogens is 2. The Bertz CT molecular complexity index is 513. The standard InChI is InChI=1S/C14H21N3/c1-4-10(3)17-13-7-6-11(9-15)8-12(13)16-14(17)5-2/h6-8,10H,4-5,9,15H2,1-3H3. The van der Waals surface area contributed by atoms with Gasteiger partial charge in [-0.3, -0.25) is 0 Å². The number of imidazole rings is 1. The van der Waals surface area contributed by atoms with E-state index in [0.717, 1.165) is 23.9 Å². The third-order valence-corrected chi connectivity index (χ3v) is 3.41. The van der Waals surface area contributed by atoms with Crippen molar-refractivity contribution in [3.05, 3.63) is 29.6 Å². The fraction of sp³-hybridized carbons (Fsp3) is 0.500. The maximum Gasteiger partial charge on any atom is 0.109 e. The summed E-state index contributed by atoms with van der Waals surface area (Å²) in [6.45, 7) is 7.19. The van der Waals surface area contributed by atoms with E-state index in [2.05, 4.69) is 43.5 Å². The molecule has 0 radical (unpaired) electrons. The molecule has 3 heteroatoms. The molecule has 0 aliphatic carbocycles. The predicted octanol–water partition coefficient (Wildman–Crippen LogP) is 3.03. The van der Waals surface area contributed by atoms with Gasteiger partial charge in [0.05, 0.1) is 11.0 Å². The molecule has 1 unspecified atom stereocenters. The van der Waals surface area contributed by atoms with Crippen LogP contribution in [0.1, 0.15) is 44.6 Å². The molecule has 3 nitrogen and oxygen atoms in total. The molecular weight excluding hydrogens is 210 g/mol. The smallest absolute Gasteiger partial charge is 0.109 e. The number of hydrogen-bond acceptors (Lipinski definition) is 2. The molecule has 0 saturated heterocycles. The van der Waals surface area contributed by atoms with E-state index in [4.69, 9.17) is 10.7 Å². The van der Waals surface area contributed by atoms with Crippen LogP contribution >= 0.6 is 0 Å². The van der Waals surface area contributed by atoms with E-state index in [1.54, 1.807) is 0 Å². The molecule has 0 amide bonds. The zero-order valence-electron chi connectivity index (χ0n) is 10.9. The lowest BCUT2D eigenvalue weighted by Crippen LogP contribution is -2.07. The largest absolute Gasteiger partial charge is 0.326 e. The highest BCUT2D eigenvalue weighted by atomic mass is 15.1. The molecule has 2 aromatic rings. The lowest BCUT2D eigenvalue weighted by atomic mass is 10.2. The van der Waals surface area contributed by atoms with Gasteiger partial charge in [-0.1, -0.05) is 19.9 Å². The van der Waals surface area contributed by atoms with E-state index in [1.807, 2.05) is 0 Å². The normalized spacial score (nSPS) is 13.2. The summed E-state index contributed by atoms with van der Waals surface area (Å²) in [5.41, 5.74) is 9.12. The molecule has 2 rings (SSSR count). The second-order valence-electron chi connectivity index (χ2n) is 4.54. The van der Waals surface area contributed by atoms with Gasteiger partial charge < -0.3 is 10.3 Å². The summed E-state index contributed by atoms with van der Waals surface area (Å²) in [5.74, 6) is 1.17. The number of fused-ring (bicyclic) bond motifs is 1. The highest BCUT2D eigenvalue weighted by Gasteiger charge is 2.13. The first-order chi connectivity index (χ1) is 8.21. The minimum atomic E-state index is 0.499. The Hall–Kier alpha value is -1.35. The van der Waals surface area contributed by atoms with Crippen molar-refractivity contribution >= 4 is 11.0 Å². The molecular formula is C14H21N3. The first kappa shape index (κ1) is 12.1. The number of rotatable bonds is 4. The first-order valence-corrected chi connectivity index (χ1v) is 6.41. The van der Waals surface area contributed by atoms with E-state index < -0.39 is 0 Å². The average molecular weight is 231 g/mol. The molecule has 0 fully saturated rings. The maximum absolute atomic E-state index is 5.67. The Morgan fingerprint density at radius 3 is 2.71 bits per heavy atom. The summed E-state index contributed by atoms with van der Waals surface area (Å²) in [4.78, 5) is 4.72. The van der Waals surface area contributed by atoms with Gasteiger partial charge in [0.15, 0.2) is 0 Å². The minimum Gasteiger partial charge on any atom is -0.326 e. The highest BCUT2D eigenvalue weighted by molar-refractivity contribution is 5.77. The molecule has 92 valence electrons. The summed E-state index contributed by atoms with van der Waals surface area (Å²) in [7, 11) is 0. The Morgan fingerprint density at radius 1 is 1.35 bits per heavy atom. The van der Waals surface area contributed by atoms with Crippen molar-refractivity contribution in [2.24, 2.45) is 5.73 Å². The minimum absolute atomic E-state index is 0.499. The lowest BCUT2D eigenvalue weighted by molar-refractivity contribution is 0.524. The van der Waals surface area contributed by atoms with E-state index >= 15 is 0 Å². The van der Waals surface area contributed by atoms with Crippen molar-refractivity contribution in [3.8, 4) is 0 Å². The number of nitrogens with two attached hydrogens (primary N) is 1. The van der Waals surface area contributed by atoms with Gasteiger partial charge in [0.1, 0.15) is 5.82 Å². The van der Waals surface area contributed by atoms with Crippen LogP contribution in [-0.4, -0.2) is 9.55 Å². The Kier molecular flexibility index (Phi) is 3.48. The van der Waals surface area contributed by atoms with E-state index in [0.29, 0.717) is 12.6 Å². The molecule has 17 heavy (non-hydrogen) atoms. The molecule has 1 aromatic carbocycles. The third kappa shape index (κ3) is 2.07. The number of nitrogens with zero attached hydrogens (tertiary/aromatic N) is 2. The molecule has 1 atom stereocenters.